The Balaban J connectivity index is 1.75. The molecule has 1 aliphatic rings. The number of hydrogen-bond donors (Lipinski definition) is 0. The molecule has 2 aromatic carbocycles. The van der Waals surface area contributed by atoms with Crippen LogP contribution in [0.1, 0.15) is 33.8 Å². The molecular formula is C18H16ClNO3S. The second-order valence-corrected chi connectivity index (χ2v) is 8.32. The molecule has 0 radical (unpaired) electrons. The molecule has 6 heteroatoms. The number of amides is 1. The van der Waals surface area contributed by atoms with Gasteiger partial charge in [-0.15, -0.1) is 0 Å². The van der Waals surface area contributed by atoms with Crippen LogP contribution >= 0.6 is 11.6 Å². The van der Waals surface area contributed by atoms with E-state index in [1.165, 1.54) is 29.8 Å². The lowest BCUT2D eigenvalue weighted by Crippen LogP contribution is -2.02. The maximum atomic E-state index is 12.2. The summed E-state index contributed by atoms with van der Waals surface area (Å²) in [5, 5.41) is 0.716. The van der Waals surface area contributed by atoms with Crippen molar-refractivity contribution in [2.75, 3.05) is 6.26 Å². The molecule has 0 bridgehead atoms. The van der Waals surface area contributed by atoms with Crippen molar-refractivity contribution in [2.45, 2.75) is 23.7 Å². The number of carbonyl (C=O) groups excluding carboxylic acids is 1. The zero-order chi connectivity index (χ0) is 17.3. The van der Waals surface area contributed by atoms with Crippen LogP contribution in [-0.4, -0.2) is 26.8 Å². The number of hydrogen-bond acceptors (Lipinski definition) is 3. The molecule has 0 aromatic heterocycles. The molecule has 2 aromatic rings. The summed E-state index contributed by atoms with van der Waals surface area (Å²) in [7, 11) is -3.27. The summed E-state index contributed by atoms with van der Waals surface area (Å²) < 4.78 is 22.9. The van der Waals surface area contributed by atoms with Gasteiger partial charge in [-0.2, -0.15) is 0 Å². The van der Waals surface area contributed by atoms with E-state index >= 15 is 0 Å². The fraction of sp³-hybridized carbons (Fsp3) is 0.222. The van der Waals surface area contributed by atoms with Gasteiger partial charge in [-0.25, -0.2) is 13.4 Å². The number of nitrogens with zero attached hydrogens (tertiary/aromatic N) is 1. The van der Waals surface area contributed by atoms with Crippen LogP contribution < -0.4 is 0 Å². The summed E-state index contributed by atoms with van der Waals surface area (Å²) in [5.74, 6) is -0.269. The van der Waals surface area contributed by atoms with Gasteiger partial charge in [0.2, 0.25) is 0 Å². The monoisotopic (exact) mass is 361 g/mol. The first-order chi connectivity index (χ1) is 11.3. The second-order valence-electron chi connectivity index (χ2n) is 5.87. The topological polar surface area (TPSA) is 63.6 Å². The minimum atomic E-state index is -3.27. The molecule has 0 heterocycles. The van der Waals surface area contributed by atoms with E-state index < -0.39 is 9.84 Å². The first kappa shape index (κ1) is 16.9. The zero-order valence-electron chi connectivity index (χ0n) is 13.1. The van der Waals surface area contributed by atoms with Gasteiger partial charge < -0.3 is 0 Å². The number of sulfone groups is 1. The molecular weight excluding hydrogens is 346 g/mol. The van der Waals surface area contributed by atoms with Gasteiger partial charge in [0, 0.05) is 29.0 Å². The number of fused-ring (bicyclic) bond motifs is 1. The van der Waals surface area contributed by atoms with Crippen LogP contribution in [0, 0.1) is 0 Å². The van der Waals surface area contributed by atoms with Crippen molar-refractivity contribution < 1.29 is 13.2 Å². The van der Waals surface area contributed by atoms with Crippen LogP contribution in [-0.2, 0) is 16.3 Å². The van der Waals surface area contributed by atoms with Crippen LogP contribution in [0.4, 0.5) is 0 Å². The molecule has 0 saturated heterocycles. The highest BCUT2D eigenvalue weighted by molar-refractivity contribution is 7.90. The minimum Gasteiger partial charge on any atom is -0.267 e. The summed E-state index contributed by atoms with van der Waals surface area (Å²) in [6.45, 7) is 0. The average Bonchev–Trinajstić information content (AvgIpc) is 2.94. The molecule has 0 saturated carbocycles. The van der Waals surface area contributed by atoms with Crippen molar-refractivity contribution in [1.82, 2.24) is 0 Å². The Bertz CT molecular complexity index is 918. The first-order valence-electron chi connectivity index (χ1n) is 7.51. The Morgan fingerprint density at radius 2 is 1.92 bits per heavy atom. The Kier molecular flexibility index (Phi) is 4.56. The van der Waals surface area contributed by atoms with Gasteiger partial charge in [0.15, 0.2) is 9.84 Å². The number of aryl methyl sites for hydroxylation is 1. The highest BCUT2D eigenvalue weighted by Gasteiger charge is 2.21. The number of benzene rings is 2. The lowest BCUT2D eigenvalue weighted by Gasteiger charge is -2.05. The molecule has 0 N–H and O–H groups in total. The molecule has 4 nitrogen and oxygen atoms in total. The van der Waals surface area contributed by atoms with Crippen LogP contribution in [0.15, 0.2) is 52.4 Å². The molecule has 124 valence electrons. The minimum absolute atomic E-state index is 0.108. The van der Waals surface area contributed by atoms with Crippen molar-refractivity contribution in [3.63, 3.8) is 0 Å². The fourth-order valence-electron chi connectivity index (χ4n) is 2.85. The summed E-state index contributed by atoms with van der Waals surface area (Å²) in [6, 6.07) is 11.6. The fourth-order valence-corrected chi connectivity index (χ4v) is 3.68. The smallest absolute Gasteiger partial charge is 0.267 e. The zero-order valence-corrected chi connectivity index (χ0v) is 14.6. The Hall–Kier alpha value is -1.98. The predicted octanol–water partition coefficient (Wildman–Crippen LogP) is 3.68. The molecule has 24 heavy (non-hydrogen) atoms. The van der Waals surface area contributed by atoms with Gasteiger partial charge in [0.05, 0.1) is 4.90 Å². The summed E-state index contributed by atoms with van der Waals surface area (Å²) in [4.78, 5) is 16.4. The maximum Gasteiger partial charge on any atom is 0.276 e. The molecule has 0 fully saturated rings. The van der Waals surface area contributed by atoms with Crippen molar-refractivity contribution in [3.8, 4) is 0 Å². The van der Waals surface area contributed by atoms with E-state index in [0.29, 0.717) is 10.6 Å². The number of halogens is 1. The average molecular weight is 362 g/mol. The molecule has 1 amide bonds. The van der Waals surface area contributed by atoms with Crippen molar-refractivity contribution in [2.24, 2.45) is 4.99 Å². The Morgan fingerprint density at radius 1 is 1.21 bits per heavy atom. The first-order valence-corrected chi connectivity index (χ1v) is 9.78. The Morgan fingerprint density at radius 3 is 2.58 bits per heavy atom. The third-order valence-electron chi connectivity index (χ3n) is 4.13. The van der Waals surface area contributed by atoms with Crippen molar-refractivity contribution in [3.05, 3.63) is 64.2 Å². The molecule has 3 rings (SSSR count). The van der Waals surface area contributed by atoms with E-state index in [1.807, 2.05) is 18.2 Å². The van der Waals surface area contributed by atoms with Gasteiger partial charge in [-0.1, -0.05) is 17.7 Å². The van der Waals surface area contributed by atoms with Gasteiger partial charge in [-0.3, -0.25) is 4.79 Å². The van der Waals surface area contributed by atoms with E-state index in [-0.39, 0.29) is 16.7 Å². The standard InChI is InChI=1S/C18H16ClNO3S/c1-24(22,23)16-7-4-12(5-8-16)18(21)20-11-14-3-2-13-10-15(19)6-9-17(13)14/h4-11,14H,2-3H2,1H3/b20-11-. The maximum absolute atomic E-state index is 12.2. The van der Waals surface area contributed by atoms with Crippen molar-refractivity contribution in [1.29, 1.82) is 0 Å². The van der Waals surface area contributed by atoms with Gasteiger partial charge >= 0.3 is 0 Å². The van der Waals surface area contributed by atoms with Crippen molar-refractivity contribution >= 4 is 33.6 Å². The SMILES string of the molecule is CS(=O)(=O)c1ccc(C(=O)/N=C\C2CCc3cc(Cl)ccc32)cc1. The summed E-state index contributed by atoms with van der Waals surface area (Å²) in [6.07, 6.45) is 4.63. The molecule has 1 aliphatic carbocycles. The highest BCUT2D eigenvalue weighted by Crippen LogP contribution is 2.33. The van der Waals surface area contributed by atoms with Gasteiger partial charge in [0.1, 0.15) is 0 Å². The molecule has 1 unspecified atom stereocenters. The summed E-state index contributed by atoms with van der Waals surface area (Å²) in [5.41, 5.74) is 2.72. The third-order valence-corrected chi connectivity index (χ3v) is 5.49. The normalized spacial score (nSPS) is 17.2. The quantitative estimate of drug-likeness (QED) is 0.783. The Labute approximate surface area is 146 Å². The van der Waals surface area contributed by atoms with E-state index in [0.717, 1.165) is 24.7 Å². The third kappa shape index (κ3) is 3.57. The molecule has 0 spiro atoms. The summed E-state index contributed by atoms with van der Waals surface area (Å²) >= 11 is 5.99. The largest absolute Gasteiger partial charge is 0.276 e. The predicted molar refractivity (Wildman–Crippen MR) is 94.9 cm³/mol. The molecule has 0 aliphatic heterocycles. The molecule has 1 atom stereocenters. The van der Waals surface area contributed by atoms with E-state index in [2.05, 4.69) is 4.99 Å². The van der Waals surface area contributed by atoms with E-state index in [1.54, 1.807) is 6.21 Å². The second kappa shape index (κ2) is 6.49. The van der Waals surface area contributed by atoms with Gasteiger partial charge in [0.25, 0.3) is 5.91 Å². The number of rotatable bonds is 3. The highest BCUT2D eigenvalue weighted by atomic mass is 35.5. The van der Waals surface area contributed by atoms with Crippen LogP contribution in [0.5, 0.6) is 0 Å². The van der Waals surface area contributed by atoms with E-state index in [4.69, 9.17) is 11.6 Å². The lowest BCUT2D eigenvalue weighted by atomic mass is 10.0. The number of aliphatic imine (C=N–C) groups is 1. The van der Waals surface area contributed by atoms with Gasteiger partial charge in [-0.05, 0) is 60.4 Å². The lowest BCUT2D eigenvalue weighted by molar-refractivity contribution is 0.100. The van der Waals surface area contributed by atoms with Crippen LogP contribution in [0.25, 0.3) is 0 Å². The van der Waals surface area contributed by atoms with E-state index in [9.17, 15) is 13.2 Å². The van der Waals surface area contributed by atoms with Crippen LogP contribution in [0.3, 0.4) is 0 Å². The van der Waals surface area contributed by atoms with Crippen LogP contribution in [0.2, 0.25) is 5.02 Å². The number of carbonyl (C=O) groups is 1.